The molecule has 0 aliphatic carbocycles. The van der Waals surface area contributed by atoms with E-state index in [1.807, 2.05) is 0 Å². The highest BCUT2D eigenvalue weighted by Gasteiger charge is 2.24. The second-order valence-corrected chi connectivity index (χ2v) is 6.22. The van der Waals surface area contributed by atoms with Crippen molar-refractivity contribution in [3.8, 4) is 0 Å². The van der Waals surface area contributed by atoms with Crippen LogP contribution in [0.5, 0.6) is 0 Å². The van der Waals surface area contributed by atoms with Crippen LogP contribution in [-0.2, 0) is 11.2 Å². The van der Waals surface area contributed by atoms with Crippen molar-refractivity contribution < 1.29 is 4.74 Å². The summed E-state index contributed by atoms with van der Waals surface area (Å²) >= 11 is 0. The van der Waals surface area contributed by atoms with E-state index >= 15 is 0 Å². The minimum absolute atomic E-state index is 0.542. The molecule has 1 aromatic rings. The van der Waals surface area contributed by atoms with Crippen LogP contribution in [-0.4, -0.2) is 25.8 Å². The highest BCUT2D eigenvalue weighted by Crippen LogP contribution is 2.24. The van der Waals surface area contributed by atoms with Crippen molar-refractivity contribution in [1.82, 2.24) is 5.32 Å². The van der Waals surface area contributed by atoms with Crippen molar-refractivity contribution in [2.24, 2.45) is 5.92 Å². The van der Waals surface area contributed by atoms with Crippen molar-refractivity contribution in [2.45, 2.75) is 53.0 Å². The van der Waals surface area contributed by atoms with E-state index in [-0.39, 0.29) is 0 Å². The van der Waals surface area contributed by atoms with Gasteiger partial charge in [0.15, 0.2) is 0 Å². The lowest BCUT2D eigenvalue weighted by Gasteiger charge is -2.31. The molecule has 0 saturated carbocycles. The predicted octanol–water partition coefficient (Wildman–Crippen LogP) is 3.56. The van der Waals surface area contributed by atoms with Gasteiger partial charge in [-0.3, -0.25) is 0 Å². The molecule has 1 heterocycles. The fourth-order valence-electron chi connectivity index (χ4n) is 3.50. The summed E-state index contributed by atoms with van der Waals surface area (Å²) in [7, 11) is 0. The van der Waals surface area contributed by atoms with Gasteiger partial charge in [-0.2, -0.15) is 0 Å². The standard InChI is InChI=1S/C18H29NO/c1-5-19-18(16-7-6-8-20-12-16)11-17-14(3)9-13(2)10-15(17)4/h9-10,16,18-19H,5-8,11-12H2,1-4H3. The average molecular weight is 275 g/mol. The molecule has 0 amide bonds. The summed E-state index contributed by atoms with van der Waals surface area (Å²) in [5.41, 5.74) is 5.75. The summed E-state index contributed by atoms with van der Waals surface area (Å²) < 4.78 is 5.69. The fourth-order valence-corrected chi connectivity index (χ4v) is 3.50. The van der Waals surface area contributed by atoms with E-state index < -0.39 is 0 Å². The molecule has 2 nitrogen and oxygen atoms in total. The summed E-state index contributed by atoms with van der Waals surface area (Å²) in [5.74, 6) is 0.656. The van der Waals surface area contributed by atoms with Crippen LogP contribution < -0.4 is 5.32 Å². The van der Waals surface area contributed by atoms with Crippen molar-refractivity contribution in [3.05, 3.63) is 34.4 Å². The first kappa shape index (κ1) is 15.5. The zero-order chi connectivity index (χ0) is 14.5. The normalized spacial score (nSPS) is 20.9. The van der Waals surface area contributed by atoms with Crippen LogP contribution in [0.2, 0.25) is 0 Å². The van der Waals surface area contributed by atoms with Gasteiger partial charge in [0.05, 0.1) is 6.61 Å². The first-order valence-electron chi connectivity index (χ1n) is 7.99. The molecule has 2 heteroatoms. The van der Waals surface area contributed by atoms with Crippen molar-refractivity contribution in [2.75, 3.05) is 19.8 Å². The van der Waals surface area contributed by atoms with Crippen LogP contribution in [0.3, 0.4) is 0 Å². The molecule has 0 radical (unpaired) electrons. The predicted molar refractivity (Wildman–Crippen MR) is 85.4 cm³/mol. The zero-order valence-electron chi connectivity index (χ0n) is 13.5. The molecular weight excluding hydrogens is 246 g/mol. The maximum Gasteiger partial charge on any atom is 0.0509 e. The van der Waals surface area contributed by atoms with Gasteiger partial charge in [-0.1, -0.05) is 24.6 Å². The third kappa shape index (κ3) is 3.83. The Kier molecular flexibility index (Phi) is 5.62. The number of benzene rings is 1. The number of likely N-dealkylation sites (N-methyl/N-ethyl adjacent to an activating group) is 1. The first-order chi connectivity index (χ1) is 9.61. The summed E-state index contributed by atoms with van der Waals surface area (Å²) in [5, 5.41) is 3.69. The Balaban J connectivity index is 2.15. The van der Waals surface area contributed by atoms with E-state index in [1.54, 1.807) is 0 Å². The SMILES string of the molecule is CCNC(Cc1c(C)cc(C)cc1C)C1CCCOC1. The Bertz CT molecular complexity index is 412. The molecular formula is C18H29NO. The fraction of sp³-hybridized carbons (Fsp3) is 0.667. The average Bonchev–Trinajstić information content (AvgIpc) is 2.42. The number of hydrogen-bond donors (Lipinski definition) is 1. The van der Waals surface area contributed by atoms with E-state index in [0.717, 1.165) is 26.2 Å². The van der Waals surface area contributed by atoms with Crippen molar-refractivity contribution in [3.63, 3.8) is 0 Å². The van der Waals surface area contributed by atoms with Crippen LogP contribution in [0.15, 0.2) is 12.1 Å². The minimum Gasteiger partial charge on any atom is -0.381 e. The first-order valence-corrected chi connectivity index (χ1v) is 7.99. The lowest BCUT2D eigenvalue weighted by molar-refractivity contribution is 0.0395. The molecule has 20 heavy (non-hydrogen) atoms. The summed E-state index contributed by atoms with van der Waals surface area (Å²) in [6.07, 6.45) is 3.62. The van der Waals surface area contributed by atoms with Gasteiger partial charge in [0.1, 0.15) is 0 Å². The molecule has 1 saturated heterocycles. The third-order valence-corrected chi connectivity index (χ3v) is 4.50. The van der Waals surface area contributed by atoms with E-state index in [4.69, 9.17) is 4.74 Å². The number of aryl methyl sites for hydroxylation is 3. The Morgan fingerprint density at radius 3 is 2.50 bits per heavy atom. The molecule has 0 aromatic heterocycles. The van der Waals surface area contributed by atoms with Crippen LogP contribution in [0, 0.1) is 26.7 Å². The van der Waals surface area contributed by atoms with Gasteiger partial charge in [0.25, 0.3) is 0 Å². The molecule has 2 rings (SSSR count). The summed E-state index contributed by atoms with van der Waals surface area (Å²) in [4.78, 5) is 0. The zero-order valence-corrected chi connectivity index (χ0v) is 13.5. The molecule has 1 aliphatic heterocycles. The minimum atomic E-state index is 0.542. The van der Waals surface area contributed by atoms with E-state index in [1.165, 1.54) is 35.1 Å². The smallest absolute Gasteiger partial charge is 0.0509 e. The van der Waals surface area contributed by atoms with Crippen molar-refractivity contribution >= 4 is 0 Å². The molecule has 1 aliphatic rings. The van der Waals surface area contributed by atoms with Crippen LogP contribution >= 0.6 is 0 Å². The summed E-state index contributed by atoms with van der Waals surface area (Å²) in [6, 6.07) is 5.16. The number of rotatable bonds is 5. The van der Waals surface area contributed by atoms with Gasteiger partial charge in [-0.05, 0) is 69.2 Å². The highest BCUT2D eigenvalue weighted by molar-refractivity contribution is 5.38. The third-order valence-electron chi connectivity index (χ3n) is 4.50. The summed E-state index contributed by atoms with van der Waals surface area (Å²) in [6.45, 7) is 11.8. The molecule has 0 bridgehead atoms. The van der Waals surface area contributed by atoms with Gasteiger partial charge in [-0.25, -0.2) is 0 Å². The number of hydrogen-bond acceptors (Lipinski definition) is 2. The van der Waals surface area contributed by atoms with Crippen molar-refractivity contribution in [1.29, 1.82) is 0 Å². The quantitative estimate of drug-likeness (QED) is 0.887. The van der Waals surface area contributed by atoms with Gasteiger partial charge in [-0.15, -0.1) is 0 Å². The molecule has 2 unspecified atom stereocenters. The molecule has 1 N–H and O–H groups in total. The lowest BCUT2D eigenvalue weighted by atomic mass is 9.86. The monoisotopic (exact) mass is 275 g/mol. The van der Waals surface area contributed by atoms with Gasteiger partial charge in [0.2, 0.25) is 0 Å². The number of ether oxygens (including phenoxy) is 1. The van der Waals surface area contributed by atoms with Crippen LogP contribution in [0.25, 0.3) is 0 Å². The topological polar surface area (TPSA) is 21.3 Å². The molecule has 1 aromatic carbocycles. The Morgan fingerprint density at radius 2 is 1.95 bits per heavy atom. The van der Waals surface area contributed by atoms with Gasteiger partial charge < -0.3 is 10.1 Å². The van der Waals surface area contributed by atoms with E-state index in [2.05, 4.69) is 45.1 Å². The Hall–Kier alpha value is -0.860. The molecule has 2 atom stereocenters. The van der Waals surface area contributed by atoms with Gasteiger partial charge in [0, 0.05) is 12.6 Å². The molecule has 0 spiro atoms. The largest absolute Gasteiger partial charge is 0.381 e. The Labute approximate surface area is 123 Å². The maximum atomic E-state index is 5.69. The van der Waals surface area contributed by atoms with E-state index in [9.17, 15) is 0 Å². The maximum absolute atomic E-state index is 5.69. The molecule has 1 fully saturated rings. The molecule has 112 valence electrons. The van der Waals surface area contributed by atoms with Crippen LogP contribution in [0.4, 0.5) is 0 Å². The van der Waals surface area contributed by atoms with E-state index in [0.29, 0.717) is 12.0 Å². The highest BCUT2D eigenvalue weighted by atomic mass is 16.5. The lowest BCUT2D eigenvalue weighted by Crippen LogP contribution is -2.42. The van der Waals surface area contributed by atoms with Gasteiger partial charge >= 0.3 is 0 Å². The number of nitrogens with one attached hydrogen (secondary N) is 1. The second kappa shape index (κ2) is 7.24. The Morgan fingerprint density at radius 1 is 1.25 bits per heavy atom. The van der Waals surface area contributed by atoms with Crippen LogP contribution in [0.1, 0.15) is 42.0 Å². The second-order valence-electron chi connectivity index (χ2n) is 6.22.